The summed E-state index contributed by atoms with van der Waals surface area (Å²) in [4.78, 5) is 22.7. The second-order valence-electron chi connectivity index (χ2n) is 6.11. The van der Waals surface area contributed by atoms with Gasteiger partial charge in [0.05, 0.1) is 18.3 Å². The highest BCUT2D eigenvalue weighted by molar-refractivity contribution is 5.39. The molecule has 1 aliphatic heterocycles. The fraction of sp³-hybridized carbons (Fsp3) is 0.500. The SMILES string of the molecule is O=c1ccc(C2CC2)nn1CC1CCCN1c1ccncn1. The molecule has 0 N–H and O–H groups in total. The normalized spacial score (nSPS) is 21.3. The highest BCUT2D eigenvalue weighted by atomic mass is 16.1. The minimum absolute atomic E-state index is 0.0149. The molecular formula is C16H19N5O. The Kier molecular flexibility index (Phi) is 3.36. The molecule has 0 bridgehead atoms. The minimum Gasteiger partial charge on any atom is -0.352 e. The quantitative estimate of drug-likeness (QED) is 0.857. The van der Waals surface area contributed by atoms with Crippen LogP contribution < -0.4 is 10.5 Å². The van der Waals surface area contributed by atoms with Crippen molar-refractivity contribution >= 4 is 5.82 Å². The lowest BCUT2D eigenvalue weighted by molar-refractivity contribution is 0.481. The van der Waals surface area contributed by atoms with Gasteiger partial charge in [0.25, 0.3) is 5.56 Å². The van der Waals surface area contributed by atoms with E-state index in [1.807, 2.05) is 12.1 Å². The summed E-state index contributed by atoms with van der Waals surface area (Å²) in [5, 5.41) is 4.57. The molecule has 1 aliphatic carbocycles. The Hall–Kier alpha value is -2.24. The number of rotatable bonds is 4. The van der Waals surface area contributed by atoms with Crippen molar-refractivity contribution in [2.75, 3.05) is 11.4 Å². The number of hydrogen-bond donors (Lipinski definition) is 0. The maximum Gasteiger partial charge on any atom is 0.266 e. The van der Waals surface area contributed by atoms with Gasteiger partial charge in [-0.3, -0.25) is 4.79 Å². The van der Waals surface area contributed by atoms with Crippen LogP contribution in [0.1, 0.15) is 37.3 Å². The van der Waals surface area contributed by atoms with Gasteiger partial charge < -0.3 is 4.90 Å². The molecule has 6 nitrogen and oxygen atoms in total. The van der Waals surface area contributed by atoms with Crippen molar-refractivity contribution < 1.29 is 0 Å². The summed E-state index contributed by atoms with van der Waals surface area (Å²) < 4.78 is 1.64. The van der Waals surface area contributed by atoms with Crippen LogP contribution in [0, 0.1) is 0 Å². The molecule has 0 spiro atoms. The molecule has 2 aromatic rings. The first-order valence-corrected chi connectivity index (χ1v) is 7.92. The Labute approximate surface area is 128 Å². The van der Waals surface area contributed by atoms with Gasteiger partial charge in [0, 0.05) is 24.7 Å². The highest BCUT2D eigenvalue weighted by Gasteiger charge is 2.28. The van der Waals surface area contributed by atoms with E-state index >= 15 is 0 Å². The summed E-state index contributed by atoms with van der Waals surface area (Å²) in [6, 6.07) is 5.74. The zero-order valence-corrected chi connectivity index (χ0v) is 12.4. The van der Waals surface area contributed by atoms with E-state index in [2.05, 4.69) is 20.0 Å². The maximum atomic E-state index is 12.1. The van der Waals surface area contributed by atoms with Crippen LogP contribution in [-0.4, -0.2) is 32.3 Å². The Morgan fingerprint density at radius 2 is 2.09 bits per heavy atom. The molecule has 1 atom stereocenters. The van der Waals surface area contributed by atoms with Crippen LogP contribution in [0.5, 0.6) is 0 Å². The first-order chi connectivity index (χ1) is 10.8. The van der Waals surface area contributed by atoms with Crippen molar-refractivity contribution in [1.82, 2.24) is 19.7 Å². The number of anilines is 1. The molecule has 4 rings (SSSR count). The van der Waals surface area contributed by atoms with E-state index in [0.717, 1.165) is 30.9 Å². The van der Waals surface area contributed by atoms with E-state index in [-0.39, 0.29) is 11.6 Å². The van der Waals surface area contributed by atoms with Crippen molar-refractivity contribution in [3.8, 4) is 0 Å². The van der Waals surface area contributed by atoms with Gasteiger partial charge >= 0.3 is 0 Å². The van der Waals surface area contributed by atoms with E-state index in [9.17, 15) is 4.79 Å². The van der Waals surface area contributed by atoms with Crippen molar-refractivity contribution in [3.63, 3.8) is 0 Å². The largest absolute Gasteiger partial charge is 0.352 e. The lowest BCUT2D eigenvalue weighted by Gasteiger charge is -2.25. The molecule has 2 aromatic heterocycles. The molecule has 0 radical (unpaired) electrons. The lowest BCUT2D eigenvalue weighted by atomic mass is 10.2. The molecule has 114 valence electrons. The fourth-order valence-corrected chi connectivity index (χ4v) is 3.17. The molecule has 2 aliphatic rings. The molecule has 6 heteroatoms. The summed E-state index contributed by atoms with van der Waals surface area (Å²) >= 11 is 0. The van der Waals surface area contributed by atoms with Gasteiger partial charge in [-0.05, 0) is 37.8 Å². The van der Waals surface area contributed by atoms with Crippen molar-refractivity contribution in [2.24, 2.45) is 0 Å². The number of hydrogen-bond acceptors (Lipinski definition) is 5. The topological polar surface area (TPSA) is 63.9 Å². The third-order valence-electron chi connectivity index (χ3n) is 4.50. The van der Waals surface area contributed by atoms with Gasteiger partial charge in [-0.1, -0.05) is 0 Å². The second kappa shape index (κ2) is 5.51. The average molecular weight is 297 g/mol. The predicted octanol–water partition coefficient (Wildman–Crippen LogP) is 1.58. The van der Waals surface area contributed by atoms with Gasteiger partial charge in [0.2, 0.25) is 0 Å². The molecule has 22 heavy (non-hydrogen) atoms. The Bertz CT molecular complexity index is 710. The zero-order valence-electron chi connectivity index (χ0n) is 12.4. The average Bonchev–Trinajstić information content (AvgIpc) is 3.30. The van der Waals surface area contributed by atoms with E-state index in [0.29, 0.717) is 12.5 Å². The maximum absolute atomic E-state index is 12.1. The van der Waals surface area contributed by atoms with Gasteiger partial charge in [-0.25, -0.2) is 14.6 Å². The number of nitrogens with zero attached hydrogens (tertiary/aromatic N) is 5. The van der Waals surface area contributed by atoms with Gasteiger partial charge in [0.1, 0.15) is 12.1 Å². The first kappa shape index (κ1) is 13.4. The lowest BCUT2D eigenvalue weighted by Crippen LogP contribution is -2.37. The van der Waals surface area contributed by atoms with Crippen LogP contribution in [0.15, 0.2) is 35.5 Å². The van der Waals surface area contributed by atoms with Crippen LogP contribution in [0.2, 0.25) is 0 Å². The second-order valence-corrected chi connectivity index (χ2v) is 6.11. The molecule has 0 aromatic carbocycles. The van der Waals surface area contributed by atoms with Crippen LogP contribution in [0.4, 0.5) is 5.82 Å². The van der Waals surface area contributed by atoms with E-state index in [4.69, 9.17) is 0 Å². The third kappa shape index (κ3) is 2.61. The highest BCUT2D eigenvalue weighted by Crippen LogP contribution is 2.38. The van der Waals surface area contributed by atoms with Crippen LogP contribution in [0.3, 0.4) is 0 Å². The summed E-state index contributed by atoms with van der Waals surface area (Å²) in [6.45, 7) is 1.60. The van der Waals surface area contributed by atoms with E-state index in [1.165, 1.54) is 12.8 Å². The Morgan fingerprint density at radius 3 is 2.86 bits per heavy atom. The fourth-order valence-electron chi connectivity index (χ4n) is 3.17. The Morgan fingerprint density at radius 1 is 1.18 bits per heavy atom. The standard InChI is InChI=1S/C16H19N5O/c22-16-6-5-14(12-3-4-12)19-21(16)10-13-2-1-9-20(13)15-7-8-17-11-18-15/h5-8,11-13H,1-4,9-10H2. The molecule has 1 unspecified atom stereocenters. The minimum atomic E-state index is -0.0149. The molecule has 2 fully saturated rings. The first-order valence-electron chi connectivity index (χ1n) is 7.92. The van der Waals surface area contributed by atoms with E-state index < -0.39 is 0 Å². The predicted molar refractivity (Wildman–Crippen MR) is 82.9 cm³/mol. The summed E-state index contributed by atoms with van der Waals surface area (Å²) in [7, 11) is 0. The van der Waals surface area contributed by atoms with Gasteiger partial charge in [-0.15, -0.1) is 0 Å². The van der Waals surface area contributed by atoms with Crippen LogP contribution in [0.25, 0.3) is 0 Å². The zero-order chi connectivity index (χ0) is 14.9. The van der Waals surface area contributed by atoms with Crippen LogP contribution in [-0.2, 0) is 6.54 Å². The van der Waals surface area contributed by atoms with E-state index in [1.54, 1.807) is 23.3 Å². The summed E-state index contributed by atoms with van der Waals surface area (Å²) in [5.41, 5.74) is 1.05. The Balaban J connectivity index is 1.57. The molecule has 1 saturated carbocycles. The molecule has 0 amide bonds. The monoisotopic (exact) mass is 297 g/mol. The third-order valence-corrected chi connectivity index (χ3v) is 4.50. The molecule has 1 saturated heterocycles. The number of aromatic nitrogens is 4. The van der Waals surface area contributed by atoms with Crippen molar-refractivity contribution in [3.05, 3.63) is 46.8 Å². The van der Waals surface area contributed by atoms with Gasteiger partial charge in [0.15, 0.2) is 0 Å². The molecular weight excluding hydrogens is 278 g/mol. The smallest absolute Gasteiger partial charge is 0.266 e. The van der Waals surface area contributed by atoms with Crippen LogP contribution >= 0.6 is 0 Å². The summed E-state index contributed by atoms with van der Waals surface area (Å²) in [6.07, 6.45) is 7.90. The van der Waals surface area contributed by atoms with Gasteiger partial charge in [-0.2, -0.15) is 5.10 Å². The van der Waals surface area contributed by atoms with Crippen molar-refractivity contribution in [1.29, 1.82) is 0 Å². The summed E-state index contributed by atoms with van der Waals surface area (Å²) in [5.74, 6) is 1.50. The van der Waals surface area contributed by atoms with Crippen molar-refractivity contribution in [2.45, 2.75) is 44.2 Å². The molecule has 3 heterocycles.